The van der Waals surface area contributed by atoms with E-state index in [2.05, 4.69) is 15.3 Å². The van der Waals surface area contributed by atoms with Crippen molar-refractivity contribution < 1.29 is 0 Å². The molecular weight excluding hydrogens is 232 g/mol. The van der Waals surface area contributed by atoms with Gasteiger partial charge in [0, 0.05) is 5.69 Å². The molecule has 0 bridgehead atoms. The van der Waals surface area contributed by atoms with Gasteiger partial charge in [-0.05, 0) is 19.1 Å². The van der Waals surface area contributed by atoms with Gasteiger partial charge in [-0.15, -0.1) is 0 Å². The van der Waals surface area contributed by atoms with Crippen molar-refractivity contribution in [2.24, 2.45) is 5.73 Å². The van der Waals surface area contributed by atoms with Crippen LogP contribution in [0.25, 0.3) is 0 Å². The number of aromatic nitrogens is 2. The lowest BCUT2D eigenvalue weighted by Gasteiger charge is -2.05. The fourth-order valence-corrected chi connectivity index (χ4v) is 1.41. The molecule has 0 saturated heterocycles. The van der Waals surface area contributed by atoms with Crippen molar-refractivity contribution in [3.05, 3.63) is 47.9 Å². The van der Waals surface area contributed by atoms with E-state index in [4.69, 9.17) is 18.0 Å². The normalized spacial score (nSPS) is 9.94. The summed E-state index contributed by atoms with van der Waals surface area (Å²) in [5.41, 5.74) is 8.14. The first-order valence-electron chi connectivity index (χ1n) is 5.11. The molecule has 2 rings (SSSR count). The van der Waals surface area contributed by atoms with Crippen molar-refractivity contribution >= 4 is 28.7 Å². The third-order valence-electron chi connectivity index (χ3n) is 2.23. The summed E-state index contributed by atoms with van der Waals surface area (Å²) in [4.78, 5) is 8.53. The van der Waals surface area contributed by atoms with E-state index in [-0.39, 0.29) is 4.99 Å². The second kappa shape index (κ2) is 4.88. The smallest absolute Gasteiger partial charge is 0.148 e. The van der Waals surface area contributed by atoms with Gasteiger partial charge < -0.3 is 11.1 Å². The molecule has 0 fully saturated rings. The Morgan fingerprint density at radius 3 is 2.41 bits per heavy atom. The first kappa shape index (κ1) is 11.5. The maximum absolute atomic E-state index is 5.44. The van der Waals surface area contributed by atoms with Crippen LogP contribution in [0.2, 0.25) is 0 Å². The molecule has 0 atom stereocenters. The van der Waals surface area contributed by atoms with Gasteiger partial charge in [-0.2, -0.15) is 0 Å². The molecule has 0 amide bonds. The van der Waals surface area contributed by atoms with Crippen molar-refractivity contribution in [3.63, 3.8) is 0 Å². The molecule has 0 radical (unpaired) electrons. The zero-order chi connectivity index (χ0) is 12.3. The topological polar surface area (TPSA) is 63.8 Å². The van der Waals surface area contributed by atoms with Gasteiger partial charge >= 0.3 is 0 Å². The minimum absolute atomic E-state index is 0.249. The van der Waals surface area contributed by atoms with Gasteiger partial charge in [0.15, 0.2) is 0 Å². The average molecular weight is 244 g/mol. The second-order valence-electron chi connectivity index (χ2n) is 3.64. The lowest BCUT2D eigenvalue weighted by atomic mass is 10.2. The number of anilines is 2. The number of aryl methyl sites for hydroxylation is 1. The minimum atomic E-state index is 0.249. The zero-order valence-electron chi connectivity index (χ0n) is 9.34. The van der Waals surface area contributed by atoms with Crippen molar-refractivity contribution in [1.82, 2.24) is 9.97 Å². The maximum Gasteiger partial charge on any atom is 0.148 e. The summed E-state index contributed by atoms with van der Waals surface area (Å²) in [5.74, 6) is 0.661. The van der Waals surface area contributed by atoms with Crippen molar-refractivity contribution in [1.29, 1.82) is 0 Å². The second-order valence-corrected chi connectivity index (χ2v) is 4.08. The number of thiocarbonyl (C=S) groups is 1. The van der Waals surface area contributed by atoms with Gasteiger partial charge in [0.25, 0.3) is 0 Å². The van der Waals surface area contributed by atoms with E-state index in [9.17, 15) is 0 Å². The summed E-state index contributed by atoms with van der Waals surface area (Å²) < 4.78 is 0. The summed E-state index contributed by atoms with van der Waals surface area (Å²) in [6.07, 6.45) is 3.16. The Balaban J connectivity index is 2.13. The summed E-state index contributed by atoms with van der Waals surface area (Å²) in [6.45, 7) is 2.04. The lowest BCUT2D eigenvalue weighted by Crippen LogP contribution is -2.12. The maximum atomic E-state index is 5.44. The molecule has 0 spiro atoms. The largest absolute Gasteiger partial charge is 0.388 e. The van der Waals surface area contributed by atoms with Crippen LogP contribution < -0.4 is 11.1 Å². The predicted octanol–water partition coefficient (Wildman–Crippen LogP) is 2.16. The van der Waals surface area contributed by atoms with Gasteiger partial charge in [-0.25, -0.2) is 9.97 Å². The molecule has 2 aromatic rings. The Kier molecular flexibility index (Phi) is 3.30. The highest BCUT2D eigenvalue weighted by molar-refractivity contribution is 7.80. The monoisotopic (exact) mass is 244 g/mol. The molecule has 3 N–H and O–H groups in total. The number of nitrogens with two attached hydrogens (primary N) is 1. The molecule has 1 heterocycles. The molecule has 0 unspecified atom stereocenters. The number of rotatable bonds is 3. The molecule has 0 saturated carbocycles. The molecule has 17 heavy (non-hydrogen) atoms. The zero-order valence-corrected chi connectivity index (χ0v) is 10.2. The highest BCUT2D eigenvalue weighted by atomic mass is 32.1. The van der Waals surface area contributed by atoms with Gasteiger partial charge in [0.05, 0.1) is 12.4 Å². The Bertz CT molecular complexity index is 519. The molecular formula is C12H12N4S. The van der Waals surface area contributed by atoms with Crippen LogP contribution in [-0.4, -0.2) is 15.0 Å². The summed E-state index contributed by atoms with van der Waals surface area (Å²) in [6, 6.07) is 8.02. The molecule has 1 aromatic carbocycles. The van der Waals surface area contributed by atoms with E-state index in [0.717, 1.165) is 5.69 Å². The molecule has 4 nitrogen and oxygen atoms in total. The standard InChI is InChI=1S/C12H12N4S/c1-8-2-4-9(5-3-8)16-11-7-14-10(6-15-11)12(13)17/h2-7H,1H3,(H2,13,17)(H,15,16). The molecule has 0 aliphatic heterocycles. The lowest BCUT2D eigenvalue weighted by molar-refractivity contribution is 1.18. The van der Waals surface area contributed by atoms with Crippen molar-refractivity contribution in [3.8, 4) is 0 Å². The highest BCUT2D eigenvalue weighted by Crippen LogP contribution is 2.14. The van der Waals surface area contributed by atoms with Crippen LogP contribution in [-0.2, 0) is 0 Å². The quantitative estimate of drug-likeness (QED) is 0.810. The molecule has 5 heteroatoms. The van der Waals surface area contributed by atoms with Gasteiger partial charge in [0.2, 0.25) is 0 Å². The Morgan fingerprint density at radius 2 is 1.88 bits per heavy atom. The Hall–Kier alpha value is -2.01. The fourth-order valence-electron chi connectivity index (χ4n) is 1.30. The number of hydrogen-bond donors (Lipinski definition) is 2. The minimum Gasteiger partial charge on any atom is -0.388 e. The number of benzene rings is 1. The van der Waals surface area contributed by atoms with Crippen LogP contribution in [0, 0.1) is 6.92 Å². The molecule has 0 aliphatic rings. The highest BCUT2D eigenvalue weighted by Gasteiger charge is 2.00. The van der Waals surface area contributed by atoms with E-state index in [1.165, 1.54) is 5.56 Å². The van der Waals surface area contributed by atoms with Crippen molar-refractivity contribution in [2.75, 3.05) is 5.32 Å². The molecule has 1 aromatic heterocycles. The van der Waals surface area contributed by atoms with E-state index in [0.29, 0.717) is 11.5 Å². The summed E-state index contributed by atoms with van der Waals surface area (Å²) >= 11 is 4.80. The summed E-state index contributed by atoms with van der Waals surface area (Å²) in [7, 11) is 0. The van der Waals surface area contributed by atoms with E-state index in [1.807, 2.05) is 31.2 Å². The van der Waals surface area contributed by atoms with Crippen LogP contribution in [0.3, 0.4) is 0 Å². The van der Waals surface area contributed by atoms with Crippen LogP contribution >= 0.6 is 12.2 Å². The third kappa shape index (κ3) is 2.98. The van der Waals surface area contributed by atoms with Crippen LogP contribution in [0.4, 0.5) is 11.5 Å². The molecule has 86 valence electrons. The molecule has 0 aliphatic carbocycles. The van der Waals surface area contributed by atoms with Crippen LogP contribution in [0.1, 0.15) is 11.3 Å². The average Bonchev–Trinajstić information content (AvgIpc) is 2.33. The van der Waals surface area contributed by atoms with E-state index in [1.54, 1.807) is 12.4 Å². The predicted molar refractivity (Wildman–Crippen MR) is 72.4 cm³/mol. The van der Waals surface area contributed by atoms with Gasteiger partial charge in [0.1, 0.15) is 16.5 Å². The van der Waals surface area contributed by atoms with E-state index >= 15 is 0 Å². The third-order valence-corrected chi connectivity index (χ3v) is 2.44. The SMILES string of the molecule is Cc1ccc(Nc2cnc(C(N)=S)cn2)cc1. The number of nitrogens with one attached hydrogen (secondary N) is 1. The van der Waals surface area contributed by atoms with Gasteiger partial charge in [-0.1, -0.05) is 29.9 Å². The number of nitrogens with zero attached hydrogens (tertiary/aromatic N) is 2. The van der Waals surface area contributed by atoms with Gasteiger partial charge in [-0.3, -0.25) is 0 Å². The van der Waals surface area contributed by atoms with E-state index < -0.39 is 0 Å². The van der Waals surface area contributed by atoms with Crippen LogP contribution in [0.15, 0.2) is 36.7 Å². The van der Waals surface area contributed by atoms with Crippen molar-refractivity contribution in [2.45, 2.75) is 6.92 Å². The van der Waals surface area contributed by atoms with Crippen LogP contribution in [0.5, 0.6) is 0 Å². The first-order valence-corrected chi connectivity index (χ1v) is 5.51. The fraction of sp³-hybridized carbons (Fsp3) is 0.0833. The summed E-state index contributed by atoms with van der Waals surface area (Å²) in [5, 5.41) is 3.14. The Morgan fingerprint density at radius 1 is 1.18 bits per heavy atom. The first-order chi connectivity index (χ1) is 8.15. The number of hydrogen-bond acceptors (Lipinski definition) is 4. The Labute approximate surface area is 105 Å².